The second-order valence-corrected chi connectivity index (χ2v) is 9.30. The number of benzene rings is 1. The molecule has 0 saturated heterocycles. The molecule has 5 N–H and O–H groups in total. The summed E-state index contributed by atoms with van der Waals surface area (Å²) in [4.78, 5) is 40.4. The van der Waals surface area contributed by atoms with Gasteiger partial charge in [-0.1, -0.05) is 26.0 Å². The molecule has 3 amide bonds. The maximum Gasteiger partial charge on any atom is 0.270 e. The SMILES string of the molecule is CCOc1ccc(C(C(=O)NCCC(C)C)N(Cc2ccco2)C(=O)c2snc(C(N)=O)c2N)cc1. The number of nitrogens with two attached hydrogens (primary N) is 2. The summed E-state index contributed by atoms with van der Waals surface area (Å²) >= 11 is 0.759. The third-order valence-electron chi connectivity index (χ3n) is 5.41. The fourth-order valence-electron chi connectivity index (χ4n) is 3.58. The van der Waals surface area contributed by atoms with Gasteiger partial charge in [-0.05, 0) is 60.6 Å². The number of aromatic nitrogens is 1. The number of ether oxygens (including phenoxy) is 1. The Morgan fingerprint density at radius 2 is 1.92 bits per heavy atom. The fourth-order valence-corrected chi connectivity index (χ4v) is 4.34. The number of anilines is 1. The van der Waals surface area contributed by atoms with E-state index in [2.05, 4.69) is 23.5 Å². The molecule has 0 aliphatic heterocycles. The molecule has 2 aromatic heterocycles. The molecule has 3 aromatic rings. The van der Waals surface area contributed by atoms with Crippen LogP contribution in [0.5, 0.6) is 5.75 Å². The molecule has 0 spiro atoms. The van der Waals surface area contributed by atoms with Gasteiger partial charge in [0, 0.05) is 6.54 Å². The molecule has 0 bridgehead atoms. The van der Waals surface area contributed by atoms with E-state index in [1.54, 1.807) is 36.4 Å². The van der Waals surface area contributed by atoms with Crippen molar-refractivity contribution in [1.82, 2.24) is 14.6 Å². The lowest BCUT2D eigenvalue weighted by molar-refractivity contribution is -0.126. The van der Waals surface area contributed by atoms with E-state index in [-0.39, 0.29) is 28.7 Å². The number of nitrogen functional groups attached to an aromatic ring is 1. The fraction of sp³-hybridized carbons (Fsp3) is 0.360. The van der Waals surface area contributed by atoms with Crippen molar-refractivity contribution in [3.8, 4) is 5.75 Å². The Bertz CT molecular complexity index is 1170. The number of furan rings is 1. The highest BCUT2D eigenvalue weighted by molar-refractivity contribution is 7.09. The van der Waals surface area contributed by atoms with Gasteiger partial charge < -0.3 is 30.8 Å². The van der Waals surface area contributed by atoms with Crippen LogP contribution in [0.25, 0.3) is 0 Å². The minimum absolute atomic E-state index is 0.0151. The summed E-state index contributed by atoms with van der Waals surface area (Å²) in [6, 6.07) is 9.35. The van der Waals surface area contributed by atoms with Gasteiger partial charge in [-0.3, -0.25) is 14.4 Å². The lowest BCUT2D eigenvalue weighted by atomic mass is 10.0. The van der Waals surface area contributed by atoms with Crippen LogP contribution in [0.4, 0.5) is 5.69 Å². The maximum atomic E-state index is 13.8. The monoisotopic (exact) mass is 513 g/mol. The van der Waals surface area contributed by atoms with E-state index in [1.807, 2.05) is 6.92 Å². The standard InChI is InChI=1S/C25H31N5O5S/c1-4-34-17-9-7-16(8-10-17)21(24(32)28-12-11-15(2)3)30(14-18-6-5-13-35-18)25(33)22-19(26)20(23(27)31)29-36-22/h5-10,13,15,21H,4,11-12,14,26H2,1-3H3,(H2,27,31)(H,28,32). The quantitative estimate of drug-likeness (QED) is 0.335. The minimum Gasteiger partial charge on any atom is -0.494 e. The molecule has 0 saturated carbocycles. The zero-order valence-electron chi connectivity index (χ0n) is 20.5. The van der Waals surface area contributed by atoms with Crippen molar-refractivity contribution in [2.24, 2.45) is 11.7 Å². The first kappa shape index (κ1) is 26.7. The Labute approximate surface area is 213 Å². The lowest BCUT2D eigenvalue weighted by Gasteiger charge is -2.30. The second-order valence-electron chi connectivity index (χ2n) is 8.53. The van der Waals surface area contributed by atoms with Crippen LogP contribution in [0.2, 0.25) is 0 Å². The Morgan fingerprint density at radius 3 is 2.47 bits per heavy atom. The van der Waals surface area contributed by atoms with Crippen molar-refractivity contribution >= 4 is 34.9 Å². The Kier molecular flexibility index (Phi) is 9.07. The van der Waals surface area contributed by atoms with Crippen molar-refractivity contribution in [1.29, 1.82) is 0 Å². The zero-order chi connectivity index (χ0) is 26.2. The smallest absolute Gasteiger partial charge is 0.270 e. The molecule has 1 unspecified atom stereocenters. The van der Waals surface area contributed by atoms with Crippen LogP contribution in [0.1, 0.15) is 64.7 Å². The highest BCUT2D eigenvalue weighted by atomic mass is 32.1. The molecule has 0 fully saturated rings. The van der Waals surface area contributed by atoms with Crippen LogP contribution in [-0.4, -0.2) is 40.1 Å². The first-order valence-corrected chi connectivity index (χ1v) is 12.4. The van der Waals surface area contributed by atoms with Gasteiger partial charge in [0.1, 0.15) is 22.4 Å². The number of primary amides is 1. The van der Waals surface area contributed by atoms with Gasteiger partial charge in [0.25, 0.3) is 11.8 Å². The van der Waals surface area contributed by atoms with Gasteiger partial charge in [-0.2, -0.15) is 4.37 Å². The van der Waals surface area contributed by atoms with Gasteiger partial charge >= 0.3 is 0 Å². The third kappa shape index (κ3) is 6.42. The van der Waals surface area contributed by atoms with E-state index >= 15 is 0 Å². The Morgan fingerprint density at radius 1 is 1.19 bits per heavy atom. The van der Waals surface area contributed by atoms with Gasteiger partial charge in [-0.15, -0.1) is 0 Å². The highest BCUT2D eigenvalue weighted by Gasteiger charge is 2.35. The van der Waals surface area contributed by atoms with Gasteiger partial charge in [0.15, 0.2) is 5.69 Å². The minimum atomic E-state index is -1.02. The Hall–Kier alpha value is -3.86. The summed E-state index contributed by atoms with van der Waals surface area (Å²) in [5, 5.41) is 2.94. The molecule has 10 nitrogen and oxygen atoms in total. The number of hydrogen-bond acceptors (Lipinski definition) is 8. The van der Waals surface area contributed by atoms with Crippen LogP contribution >= 0.6 is 11.5 Å². The normalized spacial score (nSPS) is 11.8. The predicted molar refractivity (Wildman–Crippen MR) is 136 cm³/mol. The predicted octanol–water partition coefficient (Wildman–Crippen LogP) is 3.36. The first-order valence-electron chi connectivity index (χ1n) is 11.6. The number of nitrogens with one attached hydrogen (secondary N) is 1. The number of hydrogen-bond donors (Lipinski definition) is 3. The molecule has 1 aromatic carbocycles. The van der Waals surface area contributed by atoms with E-state index in [1.165, 1.54) is 11.2 Å². The van der Waals surface area contributed by atoms with E-state index < -0.39 is 17.9 Å². The molecule has 192 valence electrons. The molecule has 36 heavy (non-hydrogen) atoms. The molecule has 0 aliphatic carbocycles. The van der Waals surface area contributed by atoms with E-state index in [4.69, 9.17) is 20.6 Å². The van der Waals surface area contributed by atoms with Crippen molar-refractivity contribution in [2.75, 3.05) is 18.9 Å². The lowest BCUT2D eigenvalue weighted by Crippen LogP contribution is -2.43. The molecule has 2 heterocycles. The summed E-state index contributed by atoms with van der Waals surface area (Å²) in [7, 11) is 0. The largest absolute Gasteiger partial charge is 0.494 e. The number of rotatable bonds is 12. The van der Waals surface area contributed by atoms with Crippen LogP contribution in [-0.2, 0) is 11.3 Å². The van der Waals surface area contributed by atoms with Crippen molar-refractivity contribution < 1.29 is 23.5 Å². The number of carbonyl (C=O) groups is 3. The molecule has 11 heteroatoms. The molecule has 1 atom stereocenters. The zero-order valence-corrected chi connectivity index (χ0v) is 21.3. The molecular weight excluding hydrogens is 482 g/mol. The maximum absolute atomic E-state index is 13.8. The molecular formula is C25H31N5O5S. The van der Waals surface area contributed by atoms with Gasteiger partial charge in [0.2, 0.25) is 5.91 Å². The van der Waals surface area contributed by atoms with E-state index in [0.29, 0.717) is 36.1 Å². The van der Waals surface area contributed by atoms with Crippen molar-refractivity contribution in [3.05, 3.63) is 64.6 Å². The number of amides is 3. The van der Waals surface area contributed by atoms with E-state index in [9.17, 15) is 14.4 Å². The summed E-state index contributed by atoms with van der Waals surface area (Å²) < 4.78 is 15.0. The number of nitrogens with zero attached hydrogens (tertiary/aromatic N) is 2. The van der Waals surface area contributed by atoms with Crippen molar-refractivity contribution in [3.63, 3.8) is 0 Å². The average Bonchev–Trinajstić information content (AvgIpc) is 3.49. The second kappa shape index (κ2) is 12.2. The van der Waals surface area contributed by atoms with Crippen LogP contribution in [0, 0.1) is 5.92 Å². The van der Waals surface area contributed by atoms with Gasteiger partial charge in [-0.25, -0.2) is 0 Å². The van der Waals surface area contributed by atoms with E-state index in [0.717, 1.165) is 18.0 Å². The summed E-state index contributed by atoms with van der Waals surface area (Å²) in [6.45, 7) is 6.92. The Balaban J connectivity index is 2.05. The number of carbonyl (C=O) groups excluding carboxylic acids is 3. The summed E-state index contributed by atoms with van der Waals surface area (Å²) in [5.74, 6) is -0.284. The van der Waals surface area contributed by atoms with Crippen LogP contribution < -0.4 is 21.5 Å². The topological polar surface area (TPSA) is 154 Å². The third-order valence-corrected chi connectivity index (χ3v) is 6.26. The highest BCUT2D eigenvalue weighted by Crippen LogP contribution is 2.31. The molecule has 0 aliphatic rings. The van der Waals surface area contributed by atoms with Crippen LogP contribution in [0.3, 0.4) is 0 Å². The first-order chi connectivity index (χ1) is 17.2. The summed E-state index contributed by atoms with van der Waals surface area (Å²) in [5.41, 5.74) is 11.7. The van der Waals surface area contributed by atoms with Crippen molar-refractivity contribution in [2.45, 2.75) is 39.8 Å². The van der Waals surface area contributed by atoms with Gasteiger partial charge in [0.05, 0.1) is 25.1 Å². The average molecular weight is 514 g/mol. The summed E-state index contributed by atoms with van der Waals surface area (Å²) in [6.07, 6.45) is 2.26. The van der Waals surface area contributed by atoms with Crippen LogP contribution in [0.15, 0.2) is 47.1 Å². The molecule has 0 radical (unpaired) electrons. The molecule has 3 rings (SSSR count).